The minimum Gasteiger partial charge on any atom is -0.390 e. The minimum absolute atomic E-state index is 0.319. The van der Waals surface area contributed by atoms with E-state index in [4.69, 9.17) is 4.74 Å². The zero-order valence-corrected chi connectivity index (χ0v) is 9.05. The Morgan fingerprint density at radius 2 is 2.08 bits per heavy atom. The third-order valence-electron chi connectivity index (χ3n) is 3.04. The molecule has 1 unspecified atom stereocenters. The first-order valence-corrected chi connectivity index (χ1v) is 5.43. The van der Waals surface area contributed by atoms with Gasteiger partial charge in [0, 0.05) is 19.4 Å². The number of hydrogen-bond donors (Lipinski definition) is 1. The number of ether oxygens (including phenoxy) is 1. The predicted molar refractivity (Wildman–Crippen MR) is 53.7 cm³/mol. The Kier molecular flexibility index (Phi) is 3.74. The first-order chi connectivity index (χ1) is 6.09. The maximum atomic E-state index is 10.0. The molecule has 1 atom stereocenters. The van der Waals surface area contributed by atoms with E-state index >= 15 is 0 Å². The molecule has 0 aliphatic heterocycles. The second-order valence-corrected chi connectivity index (χ2v) is 4.43. The summed E-state index contributed by atoms with van der Waals surface area (Å²) in [7, 11) is 0. The lowest BCUT2D eigenvalue weighted by Crippen LogP contribution is -2.49. The van der Waals surface area contributed by atoms with E-state index in [2.05, 4.69) is 13.8 Å². The summed E-state index contributed by atoms with van der Waals surface area (Å²) in [6.45, 7) is 7.15. The Hall–Kier alpha value is -0.0800. The Morgan fingerprint density at radius 3 is 2.54 bits per heavy atom. The number of hydrogen-bond acceptors (Lipinski definition) is 2. The Labute approximate surface area is 81.3 Å². The van der Waals surface area contributed by atoms with E-state index in [1.807, 2.05) is 6.92 Å². The van der Waals surface area contributed by atoms with Gasteiger partial charge in [-0.15, -0.1) is 0 Å². The van der Waals surface area contributed by atoms with E-state index in [9.17, 15) is 5.11 Å². The van der Waals surface area contributed by atoms with E-state index in [-0.39, 0.29) is 0 Å². The summed E-state index contributed by atoms with van der Waals surface area (Å²) < 4.78 is 5.43. The first kappa shape index (κ1) is 11.0. The quantitative estimate of drug-likeness (QED) is 0.714. The number of aliphatic hydroxyl groups is 1. The van der Waals surface area contributed by atoms with Gasteiger partial charge in [-0.1, -0.05) is 20.3 Å². The van der Waals surface area contributed by atoms with Crippen molar-refractivity contribution >= 4 is 0 Å². The lowest BCUT2D eigenvalue weighted by atomic mass is 9.72. The average molecular weight is 186 g/mol. The van der Waals surface area contributed by atoms with Gasteiger partial charge < -0.3 is 9.84 Å². The molecular formula is C11H22O2. The smallest absolute Gasteiger partial charge is 0.0699 e. The molecule has 0 aromatic carbocycles. The normalized spacial score (nSPS) is 35.5. The molecule has 1 rings (SSSR count). The zero-order chi connectivity index (χ0) is 9.90. The topological polar surface area (TPSA) is 29.5 Å². The molecule has 1 fully saturated rings. The van der Waals surface area contributed by atoms with E-state index < -0.39 is 5.60 Å². The fourth-order valence-electron chi connectivity index (χ4n) is 2.10. The van der Waals surface area contributed by atoms with Gasteiger partial charge in [0.25, 0.3) is 0 Å². The molecule has 0 amide bonds. The van der Waals surface area contributed by atoms with Crippen LogP contribution >= 0.6 is 0 Å². The molecule has 0 radical (unpaired) electrons. The average Bonchev–Trinajstić information content (AvgIpc) is 2.02. The van der Waals surface area contributed by atoms with E-state index in [0.717, 1.165) is 32.3 Å². The van der Waals surface area contributed by atoms with Crippen molar-refractivity contribution in [2.45, 2.75) is 58.2 Å². The van der Waals surface area contributed by atoms with Gasteiger partial charge in [-0.2, -0.15) is 0 Å². The highest BCUT2D eigenvalue weighted by Gasteiger charge is 2.43. The third-order valence-corrected chi connectivity index (χ3v) is 3.04. The van der Waals surface area contributed by atoms with E-state index in [1.165, 1.54) is 0 Å². The summed E-state index contributed by atoms with van der Waals surface area (Å²) in [6, 6.07) is 0. The van der Waals surface area contributed by atoms with Crippen LogP contribution < -0.4 is 0 Å². The summed E-state index contributed by atoms with van der Waals surface area (Å²) in [6.07, 6.45) is 4.09. The molecular weight excluding hydrogens is 164 g/mol. The molecule has 0 spiro atoms. The Balaban J connectivity index is 2.21. The van der Waals surface area contributed by atoms with Crippen LogP contribution in [0.1, 0.15) is 46.5 Å². The molecule has 1 aliphatic rings. The number of rotatable bonds is 5. The van der Waals surface area contributed by atoms with Crippen LogP contribution in [0, 0.1) is 5.92 Å². The monoisotopic (exact) mass is 186 g/mol. The standard InChI is InChI=1S/C11H22O2/c1-4-9(3)6-11(12)7-10(8-11)13-5-2/h9-10,12H,4-8H2,1-3H3. The molecule has 2 nitrogen and oxygen atoms in total. The summed E-state index contributed by atoms with van der Waals surface area (Å²) in [5.41, 5.74) is -0.407. The summed E-state index contributed by atoms with van der Waals surface area (Å²) in [5, 5.41) is 10.0. The van der Waals surface area contributed by atoms with Crippen molar-refractivity contribution in [3.05, 3.63) is 0 Å². The highest BCUT2D eigenvalue weighted by Crippen LogP contribution is 2.39. The van der Waals surface area contributed by atoms with E-state index in [0.29, 0.717) is 12.0 Å². The molecule has 1 saturated carbocycles. The van der Waals surface area contributed by atoms with Crippen LogP contribution in [-0.4, -0.2) is 23.4 Å². The van der Waals surface area contributed by atoms with Crippen molar-refractivity contribution in [3.63, 3.8) is 0 Å². The molecule has 0 bridgehead atoms. The van der Waals surface area contributed by atoms with Crippen molar-refractivity contribution < 1.29 is 9.84 Å². The van der Waals surface area contributed by atoms with Crippen LogP contribution in [0.5, 0.6) is 0 Å². The molecule has 0 saturated heterocycles. The van der Waals surface area contributed by atoms with Crippen LogP contribution in [0.4, 0.5) is 0 Å². The molecule has 13 heavy (non-hydrogen) atoms. The van der Waals surface area contributed by atoms with Crippen molar-refractivity contribution in [1.29, 1.82) is 0 Å². The SMILES string of the molecule is CCOC1CC(O)(CC(C)CC)C1. The van der Waals surface area contributed by atoms with Crippen LogP contribution in [0.2, 0.25) is 0 Å². The Bertz CT molecular complexity index is 150. The van der Waals surface area contributed by atoms with Crippen molar-refractivity contribution in [2.24, 2.45) is 5.92 Å². The van der Waals surface area contributed by atoms with Gasteiger partial charge >= 0.3 is 0 Å². The summed E-state index contributed by atoms with van der Waals surface area (Å²) >= 11 is 0. The van der Waals surface area contributed by atoms with Gasteiger partial charge in [0.15, 0.2) is 0 Å². The zero-order valence-electron chi connectivity index (χ0n) is 9.05. The molecule has 0 aromatic heterocycles. The highest BCUT2D eigenvalue weighted by molar-refractivity contribution is 4.95. The maximum absolute atomic E-state index is 10.0. The van der Waals surface area contributed by atoms with Crippen LogP contribution in [0.25, 0.3) is 0 Å². The van der Waals surface area contributed by atoms with Crippen molar-refractivity contribution in [2.75, 3.05) is 6.61 Å². The minimum atomic E-state index is -0.407. The first-order valence-electron chi connectivity index (χ1n) is 5.43. The second-order valence-electron chi connectivity index (χ2n) is 4.43. The molecule has 0 aromatic rings. The lowest BCUT2D eigenvalue weighted by Gasteiger charge is -2.44. The van der Waals surface area contributed by atoms with Gasteiger partial charge in [-0.3, -0.25) is 0 Å². The van der Waals surface area contributed by atoms with Gasteiger partial charge in [0.2, 0.25) is 0 Å². The largest absolute Gasteiger partial charge is 0.390 e. The summed E-state index contributed by atoms with van der Waals surface area (Å²) in [5.74, 6) is 0.632. The van der Waals surface area contributed by atoms with Crippen molar-refractivity contribution in [1.82, 2.24) is 0 Å². The molecule has 78 valence electrons. The van der Waals surface area contributed by atoms with Gasteiger partial charge in [0.05, 0.1) is 11.7 Å². The van der Waals surface area contributed by atoms with Gasteiger partial charge in [0.1, 0.15) is 0 Å². The van der Waals surface area contributed by atoms with E-state index in [1.54, 1.807) is 0 Å². The predicted octanol–water partition coefficient (Wildman–Crippen LogP) is 2.35. The maximum Gasteiger partial charge on any atom is 0.0699 e. The molecule has 2 heteroatoms. The fourth-order valence-corrected chi connectivity index (χ4v) is 2.10. The van der Waals surface area contributed by atoms with Gasteiger partial charge in [-0.25, -0.2) is 0 Å². The lowest BCUT2D eigenvalue weighted by molar-refractivity contribution is -0.146. The highest BCUT2D eigenvalue weighted by atomic mass is 16.5. The summed E-state index contributed by atoms with van der Waals surface area (Å²) in [4.78, 5) is 0. The second kappa shape index (κ2) is 4.43. The fraction of sp³-hybridized carbons (Fsp3) is 1.00. The molecule has 1 aliphatic carbocycles. The van der Waals surface area contributed by atoms with Gasteiger partial charge in [-0.05, 0) is 19.3 Å². The third kappa shape index (κ3) is 2.96. The molecule has 1 N–H and O–H groups in total. The Morgan fingerprint density at radius 1 is 1.46 bits per heavy atom. The van der Waals surface area contributed by atoms with Crippen molar-refractivity contribution in [3.8, 4) is 0 Å². The van der Waals surface area contributed by atoms with Crippen LogP contribution in [-0.2, 0) is 4.74 Å². The molecule has 0 heterocycles. The van der Waals surface area contributed by atoms with Crippen LogP contribution in [0.15, 0.2) is 0 Å². The van der Waals surface area contributed by atoms with Crippen LogP contribution in [0.3, 0.4) is 0 Å².